The smallest absolute Gasteiger partial charge is 0.133 e. The van der Waals surface area contributed by atoms with Gasteiger partial charge in [0.05, 0.1) is 0 Å². The van der Waals surface area contributed by atoms with E-state index in [0.717, 1.165) is 6.07 Å². The largest absolute Gasteiger partial charge is 0.208 e. The van der Waals surface area contributed by atoms with Gasteiger partial charge in [0.15, 0.2) is 0 Å². The summed E-state index contributed by atoms with van der Waals surface area (Å²) in [7, 11) is 5.18. The summed E-state index contributed by atoms with van der Waals surface area (Å²) < 4.78 is 25.2. The fourth-order valence-corrected chi connectivity index (χ4v) is 0.740. The molecule has 54 valence electrons. The normalized spacial score (nSPS) is 9.64. The Morgan fingerprint density at radius 2 is 1.91 bits per heavy atom. The van der Waals surface area contributed by atoms with Crippen LogP contribution in [-0.2, 0) is 0 Å². The lowest BCUT2D eigenvalue weighted by Crippen LogP contribution is -2.09. The van der Waals surface area contributed by atoms with E-state index in [4.69, 9.17) is 7.85 Å². The van der Waals surface area contributed by atoms with Crippen LogP contribution in [0.4, 0.5) is 8.78 Å². The first kappa shape index (κ1) is 7.99. The van der Waals surface area contributed by atoms with Crippen molar-refractivity contribution in [1.82, 2.24) is 0 Å². The Balaban J connectivity index is 3.31. The quantitative estimate of drug-likeness (QED) is 0.530. The van der Waals surface area contributed by atoms with Crippen molar-refractivity contribution in [1.29, 1.82) is 0 Å². The molecule has 0 saturated heterocycles. The van der Waals surface area contributed by atoms with Gasteiger partial charge >= 0.3 is 0 Å². The standard InChI is InChI=1S/C8H5BF2/c1-2-5-3-6(9)8(11)4-7(5)10/h2-4H,1H2. The van der Waals surface area contributed by atoms with Crippen molar-refractivity contribution in [3.05, 3.63) is 35.9 Å². The molecule has 1 aromatic rings. The van der Waals surface area contributed by atoms with Gasteiger partial charge in [-0.25, -0.2) is 8.78 Å². The van der Waals surface area contributed by atoms with E-state index in [-0.39, 0.29) is 11.0 Å². The zero-order valence-electron chi connectivity index (χ0n) is 5.77. The van der Waals surface area contributed by atoms with Crippen LogP contribution in [-0.4, -0.2) is 7.85 Å². The second kappa shape index (κ2) is 2.87. The molecule has 0 aromatic heterocycles. The summed E-state index contributed by atoms with van der Waals surface area (Å²) in [4.78, 5) is 0. The van der Waals surface area contributed by atoms with Crippen LogP contribution in [0.3, 0.4) is 0 Å². The van der Waals surface area contributed by atoms with Crippen LogP contribution >= 0.6 is 0 Å². The summed E-state index contributed by atoms with van der Waals surface area (Å²) in [5.74, 6) is -1.39. The van der Waals surface area contributed by atoms with Gasteiger partial charge < -0.3 is 0 Å². The lowest BCUT2D eigenvalue weighted by atomic mass is 9.93. The Morgan fingerprint density at radius 3 is 2.45 bits per heavy atom. The lowest BCUT2D eigenvalue weighted by molar-refractivity contribution is 0.586. The van der Waals surface area contributed by atoms with E-state index in [0.29, 0.717) is 0 Å². The summed E-state index contributed by atoms with van der Waals surface area (Å²) in [6.07, 6.45) is 1.28. The van der Waals surface area contributed by atoms with E-state index in [1.54, 1.807) is 0 Å². The topological polar surface area (TPSA) is 0 Å². The molecule has 0 aliphatic carbocycles. The van der Waals surface area contributed by atoms with E-state index < -0.39 is 11.6 Å². The van der Waals surface area contributed by atoms with Crippen molar-refractivity contribution in [3.63, 3.8) is 0 Å². The first-order chi connectivity index (χ1) is 5.15. The minimum atomic E-state index is -0.742. The fraction of sp³-hybridized carbons (Fsp3) is 0. The molecule has 1 aromatic carbocycles. The minimum Gasteiger partial charge on any atom is -0.208 e. The van der Waals surface area contributed by atoms with E-state index >= 15 is 0 Å². The highest BCUT2D eigenvalue weighted by molar-refractivity contribution is 6.32. The van der Waals surface area contributed by atoms with Crippen molar-refractivity contribution in [2.75, 3.05) is 0 Å². The van der Waals surface area contributed by atoms with E-state index in [9.17, 15) is 8.78 Å². The van der Waals surface area contributed by atoms with Crippen molar-refractivity contribution in [3.8, 4) is 0 Å². The molecular weight excluding hydrogens is 145 g/mol. The zero-order valence-corrected chi connectivity index (χ0v) is 5.77. The van der Waals surface area contributed by atoms with Crippen molar-refractivity contribution in [2.24, 2.45) is 0 Å². The number of rotatable bonds is 1. The average molecular weight is 150 g/mol. The monoisotopic (exact) mass is 150 g/mol. The van der Waals surface area contributed by atoms with E-state index in [2.05, 4.69) is 6.58 Å². The molecule has 2 radical (unpaired) electrons. The maximum absolute atomic E-state index is 12.7. The Kier molecular flexibility index (Phi) is 2.08. The van der Waals surface area contributed by atoms with Gasteiger partial charge in [0.25, 0.3) is 0 Å². The molecule has 0 bridgehead atoms. The van der Waals surface area contributed by atoms with E-state index in [1.165, 1.54) is 12.1 Å². The maximum Gasteiger partial charge on any atom is 0.133 e. The highest BCUT2D eigenvalue weighted by Crippen LogP contribution is 2.07. The van der Waals surface area contributed by atoms with Gasteiger partial charge in [-0.2, -0.15) is 0 Å². The second-order valence-corrected chi connectivity index (χ2v) is 2.10. The third-order valence-corrected chi connectivity index (χ3v) is 1.34. The maximum atomic E-state index is 12.7. The van der Waals surface area contributed by atoms with E-state index in [1.807, 2.05) is 0 Å². The minimum absolute atomic E-state index is 0.0682. The van der Waals surface area contributed by atoms with Crippen molar-refractivity contribution < 1.29 is 8.78 Å². The van der Waals surface area contributed by atoms with Gasteiger partial charge in [0.2, 0.25) is 0 Å². The Morgan fingerprint density at radius 1 is 1.27 bits per heavy atom. The fourth-order valence-electron chi connectivity index (χ4n) is 0.740. The number of hydrogen-bond acceptors (Lipinski definition) is 0. The molecule has 11 heavy (non-hydrogen) atoms. The third-order valence-electron chi connectivity index (χ3n) is 1.34. The second-order valence-electron chi connectivity index (χ2n) is 2.10. The first-order valence-corrected chi connectivity index (χ1v) is 3.02. The molecule has 0 spiro atoms. The van der Waals surface area contributed by atoms with Crippen molar-refractivity contribution >= 4 is 19.4 Å². The average Bonchev–Trinajstić information content (AvgIpc) is 1.97. The van der Waals surface area contributed by atoms with Gasteiger partial charge in [0, 0.05) is 11.6 Å². The molecule has 3 heteroatoms. The Labute approximate surface area is 65.0 Å². The summed E-state index contributed by atoms with van der Waals surface area (Å²) in [6, 6.07) is 1.95. The third kappa shape index (κ3) is 1.48. The molecule has 0 heterocycles. The highest BCUT2D eigenvalue weighted by Gasteiger charge is 2.02. The molecular formula is C8H5BF2. The summed E-state index contributed by atoms with van der Waals surface area (Å²) in [6.45, 7) is 3.34. The number of benzene rings is 1. The highest BCUT2D eigenvalue weighted by atomic mass is 19.1. The predicted molar refractivity (Wildman–Crippen MR) is 41.8 cm³/mol. The molecule has 0 N–H and O–H groups in total. The Hall–Kier alpha value is -1.12. The lowest BCUT2D eigenvalue weighted by Gasteiger charge is -1.99. The molecule has 0 aliphatic heterocycles. The van der Waals surface area contributed by atoms with Crippen LogP contribution in [0.25, 0.3) is 6.08 Å². The van der Waals surface area contributed by atoms with Crippen molar-refractivity contribution in [2.45, 2.75) is 0 Å². The Bertz CT molecular complexity index is 294. The number of hydrogen-bond donors (Lipinski definition) is 0. The SMILES string of the molecule is [B]c1cc(C=C)c(F)cc1F. The summed E-state index contributed by atoms with van der Waals surface area (Å²) in [5.41, 5.74) is 0.144. The van der Waals surface area contributed by atoms with Crippen LogP contribution in [0.2, 0.25) is 0 Å². The van der Waals surface area contributed by atoms with Crippen LogP contribution in [0.15, 0.2) is 18.7 Å². The number of halogens is 2. The van der Waals surface area contributed by atoms with Gasteiger partial charge in [-0.15, -0.1) is 0 Å². The van der Waals surface area contributed by atoms with Gasteiger partial charge in [-0.05, 0) is 0 Å². The van der Waals surface area contributed by atoms with Gasteiger partial charge in [-0.3, -0.25) is 0 Å². The van der Waals surface area contributed by atoms with Crippen LogP contribution < -0.4 is 5.46 Å². The molecule has 0 saturated carbocycles. The van der Waals surface area contributed by atoms with Crippen LogP contribution in [0, 0.1) is 11.6 Å². The van der Waals surface area contributed by atoms with Crippen LogP contribution in [0.5, 0.6) is 0 Å². The molecule has 0 unspecified atom stereocenters. The first-order valence-electron chi connectivity index (χ1n) is 3.02. The molecule has 0 nitrogen and oxygen atoms in total. The molecule has 0 atom stereocenters. The van der Waals surface area contributed by atoms with Crippen LogP contribution in [0.1, 0.15) is 5.56 Å². The summed E-state index contributed by atoms with van der Waals surface area (Å²) in [5, 5.41) is 0. The van der Waals surface area contributed by atoms with Gasteiger partial charge in [0.1, 0.15) is 19.5 Å². The zero-order chi connectivity index (χ0) is 8.43. The summed E-state index contributed by atoms with van der Waals surface area (Å²) >= 11 is 0. The molecule has 1 rings (SSSR count). The predicted octanol–water partition coefficient (Wildman–Crippen LogP) is 1.40. The molecule has 0 aliphatic rings. The molecule has 0 amide bonds. The van der Waals surface area contributed by atoms with Gasteiger partial charge in [-0.1, -0.05) is 24.2 Å². The molecule has 0 fully saturated rings.